The zero-order valence-corrected chi connectivity index (χ0v) is 10.1. The molecule has 17 heavy (non-hydrogen) atoms. The van der Waals surface area contributed by atoms with Gasteiger partial charge in [0.25, 0.3) is 0 Å². The fourth-order valence-corrected chi connectivity index (χ4v) is 2.59. The highest BCUT2D eigenvalue weighted by Gasteiger charge is 2.33. The topological polar surface area (TPSA) is 28.2 Å². The van der Waals surface area contributed by atoms with E-state index in [1.807, 2.05) is 0 Å². The van der Waals surface area contributed by atoms with Crippen molar-refractivity contribution in [1.82, 2.24) is 15.2 Å². The normalized spacial score (nSPS) is 19.2. The monoisotopic (exact) mass is 265 g/mol. The van der Waals surface area contributed by atoms with Crippen LogP contribution in [-0.4, -0.2) is 36.1 Å². The highest BCUT2D eigenvalue weighted by Crippen LogP contribution is 2.33. The lowest BCUT2D eigenvalue weighted by atomic mass is 10.4. The quantitative estimate of drug-likeness (QED) is 0.886. The van der Waals surface area contributed by atoms with Gasteiger partial charge < -0.3 is 5.32 Å². The van der Waals surface area contributed by atoms with E-state index in [1.165, 1.54) is 0 Å². The average Bonchev–Trinajstić information content (AvgIpc) is 2.56. The van der Waals surface area contributed by atoms with Gasteiger partial charge in [-0.1, -0.05) is 0 Å². The molecule has 2 heterocycles. The Morgan fingerprint density at radius 1 is 1.35 bits per heavy atom. The van der Waals surface area contributed by atoms with Crippen molar-refractivity contribution in [2.24, 2.45) is 0 Å². The Kier molecular flexibility index (Phi) is 4.01. The molecule has 1 aliphatic rings. The maximum atomic E-state index is 12.4. The van der Waals surface area contributed by atoms with E-state index < -0.39 is 11.1 Å². The van der Waals surface area contributed by atoms with Gasteiger partial charge in [0.05, 0.1) is 12.7 Å². The number of aromatic nitrogens is 1. The standard InChI is InChI=1S/C10H14F3N3S/c11-10(12,13)8-6-15-9(17-8)7-16-4-1-2-14-3-5-16/h6,14H,1-5,7H2. The second-order valence-electron chi connectivity index (χ2n) is 4.00. The summed E-state index contributed by atoms with van der Waals surface area (Å²) in [6, 6.07) is 0. The van der Waals surface area contributed by atoms with Crippen LogP contribution in [0.25, 0.3) is 0 Å². The molecule has 0 saturated carbocycles. The van der Waals surface area contributed by atoms with Gasteiger partial charge in [0.1, 0.15) is 9.88 Å². The number of nitrogens with one attached hydrogen (secondary N) is 1. The van der Waals surface area contributed by atoms with Gasteiger partial charge >= 0.3 is 6.18 Å². The van der Waals surface area contributed by atoms with Crippen LogP contribution >= 0.6 is 11.3 Å². The molecule has 0 aromatic carbocycles. The van der Waals surface area contributed by atoms with Gasteiger partial charge in [-0.25, -0.2) is 4.98 Å². The van der Waals surface area contributed by atoms with Crippen LogP contribution in [0, 0.1) is 0 Å². The molecule has 96 valence electrons. The third kappa shape index (κ3) is 3.65. The Labute approximate surface area is 102 Å². The largest absolute Gasteiger partial charge is 0.427 e. The van der Waals surface area contributed by atoms with Crippen LogP contribution in [0.4, 0.5) is 13.2 Å². The van der Waals surface area contributed by atoms with Crippen molar-refractivity contribution in [2.75, 3.05) is 26.2 Å². The molecular weight excluding hydrogens is 251 g/mol. The number of nitrogens with zero attached hydrogens (tertiary/aromatic N) is 2. The van der Waals surface area contributed by atoms with Crippen molar-refractivity contribution in [3.8, 4) is 0 Å². The first-order chi connectivity index (χ1) is 8.05. The lowest BCUT2D eigenvalue weighted by molar-refractivity contribution is -0.134. The molecule has 1 aromatic heterocycles. The summed E-state index contributed by atoms with van der Waals surface area (Å²) in [6.07, 6.45) is -2.32. The Hall–Kier alpha value is -0.660. The molecule has 1 aromatic rings. The minimum absolute atomic E-state index is 0.516. The van der Waals surface area contributed by atoms with Crippen LogP contribution < -0.4 is 5.32 Å². The van der Waals surface area contributed by atoms with Crippen LogP contribution in [0.1, 0.15) is 16.3 Å². The Bertz CT molecular complexity index is 356. The fraction of sp³-hybridized carbons (Fsp3) is 0.700. The van der Waals surface area contributed by atoms with Crippen LogP contribution in [0.3, 0.4) is 0 Å². The number of hydrogen-bond acceptors (Lipinski definition) is 4. The van der Waals surface area contributed by atoms with Gasteiger partial charge in [0, 0.05) is 13.1 Å². The van der Waals surface area contributed by atoms with E-state index in [0.717, 1.165) is 50.1 Å². The van der Waals surface area contributed by atoms with Crippen molar-refractivity contribution in [2.45, 2.75) is 19.1 Å². The van der Waals surface area contributed by atoms with Gasteiger partial charge in [-0.2, -0.15) is 13.2 Å². The molecule has 0 spiro atoms. The molecule has 1 fully saturated rings. The predicted molar refractivity (Wildman–Crippen MR) is 59.9 cm³/mol. The van der Waals surface area contributed by atoms with Crippen LogP contribution in [-0.2, 0) is 12.7 Å². The Morgan fingerprint density at radius 2 is 2.18 bits per heavy atom. The minimum Gasteiger partial charge on any atom is -0.315 e. The first kappa shape index (κ1) is 12.8. The smallest absolute Gasteiger partial charge is 0.315 e. The Balaban J connectivity index is 1.96. The lowest BCUT2D eigenvalue weighted by Crippen LogP contribution is -2.27. The van der Waals surface area contributed by atoms with Crippen molar-refractivity contribution >= 4 is 11.3 Å². The van der Waals surface area contributed by atoms with E-state index in [1.54, 1.807) is 0 Å². The Morgan fingerprint density at radius 3 is 2.88 bits per heavy atom. The number of thiazole rings is 1. The van der Waals surface area contributed by atoms with Crippen molar-refractivity contribution in [3.63, 3.8) is 0 Å². The van der Waals surface area contributed by atoms with E-state index in [2.05, 4.69) is 15.2 Å². The van der Waals surface area contributed by atoms with Gasteiger partial charge in [0.2, 0.25) is 0 Å². The number of hydrogen-bond donors (Lipinski definition) is 1. The molecule has 0 amide bonds. The van der Waals surface area contributed by atoms with Gasteiger partial charge in [-0.3, -0.25) is 4.90 Å². The van der Waals surface area contributed by atoms with Crippen LogP contribution in [0.15, 0.2) is 6.20 Å². The summed E-state index contributed by atoms with van der Waals surface area (Å²) < 4.78 is 37.2. The van der Waals surface area contributed by atoms with Crippen molar-refractivity contribution < 1.29 is 13.2 Å². The maximum Gasteiger partial charge on any atom is 0.427 e. The highest BCUT2D eigenvalue weighted by atomic mass is 32.1. The molecule has 0 unspecified atom stereocenters. The van der Waals surface area contributed by atoms with E-state index in [4.69, 9.17) is 0 Å². The van der Waals surface area contributed by atoms with Crippen molar-refractivity contribution in [1.29, 1.82) is 0 Å². The van der Waals surface area contributed by atoms with Gasteiger partial charge in [-0.05, 0) is 19.5 Å². The molecule has 2 rings (SSSR count). The summed E-state index contributed by atoms with van der Waals surface area (Å²) >= 11 is 0.742. The van der Waals surface area contributed by atoms with Crippen LogP contribution in [0.2, 0.25) is 0 Å². The molecule has 3 nitrogen and oxygen atoms in total. The molecule has 0 atom stereocenters. The van der Waals surface area contributed by atoms with Crippen LogP contribution in [0.5, 0.6) is 0 Å². The zero-order valence-electron chi connectivity index (χ0n) is 9.26. The molecule has 7 heteroatoms. The highest BCUT2D eigenvalue weighted by molar-refractivity contribution is 7.11. The van der Waals surface area contributed by atoms with E-state index in [0.29, 0.717) is 11.6 Å². The van der Waals surface area contributed by atoms with E-state index >= 15 is 0 Å². The summed E-state index contributed by atoms with van der Waals surface area (Å²) in [5.74, 6) is 0. The molecule has 0 aliphatic carbocycles. The molecule has 0 bridgehead atoms. The first-order valence-electron chi connectivity index (χ1n) is 5.51. The zero-order chi connectivity index (χ0) is 12.3. The number of halogens is 3. The van der Waals surface area contributed by atoms with E-state index in [-0.39, 0.29) is 0 Å². The number of rotatable bonds is 2. The van der Waals surface area contributed by atoms with E-state index in [9.17, 15) is 13.2 Å². The first-order valence-corrected chi connectivity index (χ1v) is 6.32. The summed E-state index contributed by atoms with van der Waals surface area (Å²) in [7, 11) is 0. The lowest BCUT2D eigenvalue weighted by Gasteiger charge is -2.17. The second kappa shape index (κ2) is 5.32. The molecule has 1 aliphatic heterocycles. The summed E-state index contributed by atoms with van der Waals surface area (Å²) in [6.45, 7) is 4.15. The minimum atomic E-state index is -4.27. The summed E-state index contributed by atoms with van der Waals surface area (Å²) in [5, 5.41) is 3.79. The third-order valence-corrected chi connectivity index (χ3v) is 3.65. The summed E-state index contributed by atoms with van der Waals surface area (Å²) in [5.41, 5.74) is 0. The molecular formula is C10H14F3N3S. The number of alkyl halides is 3. The van der Waals surface area contributed by atoms with Crippen molar-refractivity contribution in [3.05, 3.63) is 16.1 Å². The predicted octanol–water partition coefficient (Wildman–Crippen LogP) is 1.96. The summed E-state index contributed by atoms with van der Waals surface area (Å²) in [4.78, 5) is 5.37. The fourth-order valence-electron chi connectivity index (χ4n) is 1.77. The average molecular weight is 265 g/mol. The molecule has 1 N–H and O–H groups in total. The van der Waals surface area contributed by atoms with Gasteiger partial charge in [-0.15, -0.1) is 11.3 Å². The third-order valence-electron chi connectivity index (χ3n) is 2.62. The second-order valence-corrected chi connectivity index (χ2v) is 5.11. The SMILES string of the molecule is FC(F)(F)c1cnc(CN2CCCNCC2)s1. The maximum absolute atomic E-state index is 12.4. The molecule has 0 radical (unpaired) electrons. The van der Waals surface area contributed by atoms with Gasteiger partial charge in [0.15, 0.2) is 0 Å². The molecule has 1 saturated heterocycles.